The van der Waals surface area contributed by atoms with Crippen molar-refractivity contribution in [3.8, 4) is 11.3 Å². The summed E-state index contributed by atoms with van der Waals surface area (Å²) in [6.07, 6.45) is 3.27. The van der Waals surface area contributed by atoms with Crippen LogP contribution in [0.2, 0.25) is 0 Å². The number of aryl methyl sites for hydroxylation is 1. The van der Waals surface area contributed by atoms with E-state index in [4.69, 9.17) is 4.42 Å². The molecular weight excluding hydrogens is 234 g/mol. The molecule has 1 aromatic carbocycles. The quantitative estimate of drug-likeness (QED) is 0.820. The molecule has 1 atom stereocenters. The first-order valence-corrected chi connectivity index (χ1v) is 7.15. The fraction of sp³-hybridized carbons (Fsp3) is 0.412. The van der Waals surface area contributed by atoms with Crippen LogP contribution in [0.15, 0.2) is 40.8 Å². The molecule has 1 heterocycles. The molecule has 0 fully saturated rings. The van der Waals surface area contributed by atoms with E-state index in [0.29, 0.717) is 6.04 Å². The van der Waals surface area contributed by atoms with E-state index < -0.39 is 0 Å². The molecule has 102 valence electrons. The lowest BCUT2D eigenvalue weighted by molar-refractivity contribution is 0.431. The number of hydrogen-bond donors (Lipinski definition) is 1. The van der Waals surface area contributed by atoms with E-state index in [-0.39, 0.29) is 0 Å². The Balaban J connectivity index is 2.32. The van der Waals surface area contributed by atoms with Crippen LogP contribution in [-0.2, 0) is 6.42 Å². The summed E-state index contributed by atoms with van der Waals surface area (Å²) in [4.78, 5) is 0. The average molecular weight is 257 g/mol. The summed E-state index contributed by atoms with van der Waals surface area (Å²) >= 11 is 0. The maximum absolute atomic E-state index is 6.04. The first-order chi connectivity index (χ1) is 9.30. The van der Waals surface area contributed by atoms with Crippen LogP contribution in [0.25, 0.3) is 11.3 Å². The SMILES string of the molecule is CCCc1ccccc1-c1ccc(C(CC)NC)o1. The van der Waals surface area contributed by atoms with Gasteiger partial charge in [-0.05, 0) is 37.6 Å². The summed E-state index contributed by atoms with van der Waals surface area (Å²) in [5.74, 6) is 2.00. The first kappa shape index (κ1) is 13.9. The monoisotopic (exact) mass is 257 g/mol. The minimum Gasteiger partial charge on any atom is -0.459 e. The van der Waals surface area contributed by atoms with Gasteiger partial charge in [0.1, 0.15) is 11.5 Å². The van der Waals surface area contributed by atoms with E-state index in [1.807, 2.05) is 7.05 Å². The summed E-state index contributed by atoms with van der Waals surface area (Å²) < 4.78 is 6.04. The molecule has 0 bridgehead atoms. The van der Waals surface area contributed by atoms with Crippen molar-refractivity contribution >= 4 is 0 Å². The van der Waals surface area contributed by atoms with Gasteiger partial charge in [-0.3, -0.25) is 0 Å². The van der Waals surface area contributed by atoms with E-state index in [9.17, 15) is 0 Å². The Morgan fingerprint density at radius 2 is 1.89 bits per heavy atom. The molecule has 1 aromatic heterocycles. The minimum absolute atomic E-state index is 0.298. The van der Waals surface area contributed by atoms with Gasteiger partial charge in [0, 0.05) is 5.56 Å². The van der Waals surface area contributed by atoms with Crippen LogP contribution in [0.3, 0.4) is 0 Å². The van der Waals surface area contributed by atoms with Crippen molar-refractivity contribution in [3.63, 3.8) is 0 Å². The Labute approximate surface area is 115 Å². The van der Waals surface area contributed by atoms with Gasteiger partial charge < -0.3 is 9.73 Å². The Bertz CT molecular complexity index is 511. The van der Waals surface area contributed by atoms with Gasteiger partial charge >= 0.3 is 0 Å². The number of rotatable bonds is 6. The van der Waals surface area contributed by atoms with Crippen LogP contribution >= 0.6 is 0 Å². The van der Waals surface area contributed by atoms with E-state index in [0.717, 1.165) is 30.8 Å². The minimum atomic E-state index is 0.298. The summed E-state index contributed by atoms with van der Waals surface area (Å²) in [7, 11) is 1.97. The molecule has 0 saturated heterocycles. The lowest BCUT2D eigenvalue weighted by atomic mass is 10.0. The van der Waals surface area contributed by atoms with Gasteiger partial charge in [-0.2, -0.15) is 0 Å². The molecule has 0 amide bonds. The van der Waals surface area contributed by atoms with Crippen molar-refractivity contribution in [3.05, 3.63) is 47.7 Å². The van der Waals surface area contributed by atoms with Crippen molar-refractivity contribution in [2.45, 2.75) is 39.2 Å². The Hall–Kier alpha value is -1.54. The summed E-state index contributed by atoms with van der Waals surface area (Å²) in [5.41, 5.74) is 2.59. The molecule has 2 nitrogen and oxygen atoms in total. The van der Waals surface area contributed by atoms with Crippen LogP contribution in [0, 0.1) is 0 Å². The molecule has 2 aromatic rings. The van der Waals surface area contributed by atoms with Crippen molar-refractivity contribution in [2.75, 3.05) is 7.05 Å². The predicted octanol–water partition coefficient (Wildman–Crippen LogP) is 4.57. The van der Waals surface area contributed by atoms with Gasteiger partial charge in [0.2, 0.25) is 0 Å². The van der Waals surface area contributed by atoms with E-state index >= 15 is 0 Å². The van der Waals surface area contributed by atoms with Gasteiger partial charge in [0.05, 0.1) is 6.04 Å². The topological polar surface area (TPSA) is 25.2 Å². The third-order valence-corrected chi connectivity index (χ3v) is 3.53. The lowest BCUT2D eigenvalue weighted by Crippen LogP contribution is -2.14. The van der Waals surface area contributed by atoms with Gasteiger partial charge in [-0.1, -0.05) is 44.5 Å². The second-order valence-electron chi connectivity index (χ2n) is 4.86. The highest BCUT2D eigenvalue weighted by molar-refractivity contribution is 5.62. The maximum atomic E-state index is 6.04. The largest absolute Gasteiger partial charge is 0.459 e. The fourth-order valence-electron chi connectivity index (χ4n) is 2.48. The fourth-order valence-corrected chi connectivity index (χ4v) is 2.48. The number of benzene rings is 1. The van der Waals surface area contributed by atoms with E-state index in [2.05, 4.69) is 55.6 Å². The molecule has 0 aliphatic carbocycles. The van der Waals surface area contributed by atoms with Gasteiger partial charge in [0.25, 0.3) is 0 Å². The van der Waals surface area contributed by atoms with Crippen LogP contribution in [0.4, 0.5) is 0 Å². The predicted molar refractivity (Wildman–Crippen MR) is 80.2 cm³/mol. The molecule has 0 aliphatic heterocycles. The normalized spacial score (nSPS) is 12.6. The zero-order valence-electron chi connectivity index (χ0n) is 12.1. The highest BCUT2D eigenvalue weighted by Crippen LogP contribution is 2.29. The van der Waals surface area contributed by atoms with Crippen molar-refractivity contribution in [1.29, 1.82) is 0 Å². The Kier molecular flexibility index (Phi) is 4.80. The second-order valence-corrected chi connectivity index (χ2v) is 4.86. The summed E-state index contributed by atoms with van der Waals surface area (Å²) in [5, 5.41) is 3.28. The Morgan fingerprint density at radius 3 is 2.58 bits per heavy atom. The highest BCUT2D eigenvalue weighted by atomic mass is 16.3. The molecule has 19 heavy (non-hydrogen) atoms. The molecule has 0 spiro atoms. The first-order valence-electron chi connectivity index (χ1n) is 7.15. The average Bonchev–Trinajstić information content (AvgIpc) is 2.91. The summed E-state index contributed by atoms with van der Waals surface area (Å²) in [6, 6.07) is 13.0. The molecule has 2 heteroatoms. The van der Waals surface area contributed by atoms with Gasteiger partial charge in [0.15, 0.2) is 0 Å². The third kappa shape index (κ3) is 3.07. The van der Waals surface area contributed by atoms with Crippen molar-refractivity contribution < 1.29 is 4.42 Å². The van der Waals surface area contributed by atoms with Crippen molar-refractivity contribution in [2.24, 2.45) is 0 Å². The number of furan rings is 1. The number of hydrogen-bond acceptors (Lipinski definition) is 2. The molecular formula is C17H23NO. The zero-order chi connectivity index (χ0) is 13.7. The van der Waals surface area contributed by atoms with E-state index in [1.54, 1.807) is 0 Å². The van der Waals surface area contributed by atoms with E-state index in [1.165, 1.54) is 11.1 Å². The zero-order valence-corrected chi connectivity index (χ0v) is 12.1. The number of nitrogens with one attached hydrogen (secondary N) is 1. The molecule has 0 aliphatic rings. The molecule has 2 rings (SSSR count). The smallest absolute Gasteiger partial charge is 0.134 e. The van der Waals surface area contributed by atoms with Crippen LogP contribution in [0.5, 0.6) is 0 Å². The standard InChI is InChI=1S/C17H23NO/c1-4-8-13-9-6-7-10-14(13)16-11-12-17(19-16)15(5-2)18-3/h6-7,9-12,15,18H,4-5,8H2,1-3H3. The Morgan fingerprint density at radius 1 is 1.11 bits per heavy atom. The second kappa shape index (κ2) is 6.58. The van der Waals surface area contributed by atoms with Crippen LogP contribution in [0.1, 0.15) is 44.1 Å². The molecule has 1 N–H and O–H groups in total. The third-order valence-electron chi connectivity index (χ3n) is 3.53. The maximum Gasteiger partial charge on any atom is 0.134 e. The molecule has 0 radical (unpaired) electrons. The van der Waals surface area contributed by atoms with Gasteiger partial charge in [-0.15, -0.1) is 0 Å². The highest BCUT2D eigenvalue weighted by Gasteiger charge is 2.13. The lowest BCUT2D eigenvalue weighted by Gasteiger charge is -2.10. The van der Waals surface area contributed by atoms with Gasteiger partial charge in [-0.25, -0.2) is 0 Å². The molecule has 1 unspecified atom stereocenters. The van der Waals surface area contributed by atoms with Crippen molar-refractivity contribution in [1.82, 2.24) is 5.32 Å². The van der Waals surface area contributed by atoms with Crippen LogP contribution < -0.4 is 5.32 Å². The summed E-state index contributed by atoms with van der Waals surface area (Å²) in [6.45, 7) is 4.37. The molecule has 0 saturated carbocycles. The van der Waals surface area contributed by atoms with Crippen LogP contribution in [-0.4, -0.2) is 7.05 Å².